The molecule has 0 atom stereocenters. The van der Waals surface area contributed by atoms with Crippen molar-refractivity contribution in [2.45, 2.75) is 16.2 Å². The number of carbonyl (C=O) groups excluding carboxylic acids is 1. The predicted molar refractivity (Wildman–Crippen MR) is 76.0 cm³/mol. The van der Waals surface area contributed by atoms with E-state index in [1.807, 2.05) is 0 Å². The summed E-state index contributed by atoms with van der Waals surface area (Å²) in [6.45, 7) is -0.0574. The first-order valence-corrected chi connectivity index (χ1v) is 9.25. The molecule has 0 aliphatic rings. The zero-order valence-corrected chi connectivity index (χ0v) is 13.6. The number of rotatable bonds is 6. The van der Waals surface area contributed by atoms with Gasteiger partial charge in [-0.3, -0.25) is 4.79 Å². The first-order valence-electron chi connectivity index (χ1n) is 5.92. The Balaban J connectivity index is 3.05. The molecule has 0 spiro atoms. The van der Waals surface area contributed by atoms with E-state index in [0.29, 0.717) is 0 Å². The molecular formula is C12H17NO6S2. The maximum absolute atomic E-state index is 12.3. The lowest BCUT2D eigenvalue weighted by molar-refractivity contribution is -0.140. The van der Waals surface area contributed by atoms with Gasteiger partial charge >= 0.3 is 5.97 Å². The molecule has 0 aliphatic carbocycles. The number of methoxy groups -OCH3 is 1. The summed E-state index contributed by atoms with van der Waals surface area (Å²) in [4.78, 5) is 10.8. The normalized spacial score (nSPS) is 12.4. The van der Waals surface area contributed by atoms with Crippen molar-refractivity contribution < 1.29 is 26.4 Å². The second-order valence-corrected chi connectivity index (χ2v) is 8.46. The molecule has 0 aliphatic heterocycles. The maximum atomic E-state index is 12.3. The molecule has 0 heterocycles. The van der Waals surface area contributed by atoms with Gasteiger partial charge < -0.3 is 4.74 Å². The Morgan fingerprint density at radius 3 is 2.29 bits per heavy atom. The topological polar surface area (TPSA) is 97.8 Å². The Kier molecular flexibility index (Phi) is 5.48. The lowest BCUT2D eigenvalue weighted by atomic mass is 10.4. The van der Waals surface area contributed by atoms with Gasteiger partial charge in [0.15, 0.2) is 9.84 Å². The monoisotopic (exact) mass is 335 g/mol. The van der Waals surface area contributed by atoms with Crippen LogP contribution in [0.3, 0.4) is 0 Å². The minimum absolute atomic E-state index is 0.0574. The van der Waals surface area contributed by atoms with Crippen LogP contribution in [0.4, 0.5) is 0 Å². The maximum Gasteiger partial charge on any atom is 0.306 e. The van der Waals surface area contributed by atoms with Crippen LogP contribution in [0.25, 0.3) is 0 Å². The number of hydrogen-bond donors (Lipinski definition) is 0. The molecule has 0 aromatic heterocycles. The summed E-state index contributed by atoms with van der Waals surface area (Å²) < 4.78 is 52.9. The van der Waals surface area contributed by atoms with Gasteiger partial charge in [0.05, 0.1) is 23.3 Å². The minimum atomic E-state index is -3.86. The van der Waals surface area contributed by atoms with Crippen LogP contribution in [0.5, 0.6) is 0 Å². The van der Waals surface area contributed by atoms with Crippen LogP contribution in [-0.2, 0) is 29.4 Å². The van der Waals surface area contributed by atoms with Crippen molar-refractivity contribution in [2.24, 2.45) is 0 Å². The molecule has 0 saturated heterocycles. The molecule has 118 valence electrons. The number of sulfonamides is 1. The summed E-state index contributed by atoms with van der Waals surface area (Å²) in [6.07, 6.45) is 0.914. The van der Waals surface area contributed by atoms with E-state index >= 15 is 0 Å². The van der Waals surface area contributed by atoms with E-state index in [0.717, 1.165) is 16.6 Å². The zero-order valence-electron chi connectivity index (χ0n) is 11.9. The third-order valence-electron chi connectivity index (χ3n) is 2.80. The fourth-order valence-corrected chi connectivity index (χ4v) is 3.48. The molecular weight excluding hydrogens is 318 g/mol. The number of benzene rings is 1. The number of ether oxygens (including phenoxy) is 1. The van der Waals surface area contributed by atoms with Gasteiger partial charge in [0.25, 0.3) is 0 Å². The molecule has 0 radical (unpaired) electrons. The smallest absolute Gasteiger partial charge is 0.306 e. The van der Waals surface area contributed by atoms with Crippen LogP contribution in [0.2, 0.25) is 0 Å². The van der Waals surface area contributed by atoms with Crippen molar-refractivity contribution in [1.29, 1.82) is 0 Å². The molecule has 0 fully saturated rings. The van der Waals surface area contributed by atoms with Crippen LogP contribution in [0.1, 0.15) is 6.42 Å². The largest absolute Gasteiger partial charge is 0.469 e. The number of hydrogen-bond acceptors (Lipinski definition) is 6. The highest BCUT2D eigenvalue weighted by Crippen LogP contribution is 2.18. The number of sulfone groups is 1. The molecule has 21 heavy (non-hydrogen) atoms. The molecule has 1 aromatic carbocycles. The van der Waals surface area contributed by atoms with Crippen LogP contribution in [-0.4, -0.2) is 54.1 Å². The molecule has 0 N–H and O–H groups in total. The average Bonchev–Trinajstić information content (AvgIpc) is 2.43. The van der Waals surface area contributed by atoms with Crippen molar-refractivity contribution in [3.05, 3.63) is 24.3 Å². The van der Waals surface area contributed by atoms with Gasteiger partial charge in [-0.05, 0) is 18.2 Å². The molecule has 1 rings (SSSR count). The third kappa shape index (κ3) is 4.51. The van der Waals surface area contributed by atoms with Crippen LogP contribution in [0, 0.1) is 0 Å². The quantitative estimate of drug-likeness (QED) is 0.692. The Morgan fingerprint density at radius 1 is 1.19 bits per heavy atom. The van der Waals surface area contributed by atoms with E-state index in [-0.39, 0.29) is 22.8 Å². The van der Waals surface area contributed by atoms with Crippen molar-refractivity contribution in [3.8, 4) is 0 Å². The second-order valence-electron chi connectivity index (χ2n) is 4.40. The van der Waals surface area contributed by atoms with Gasteiger partial charge in [0, 0.05) is 19.8 Å². The van der Waals surface area contributed by atoms with Gasteiger partial charge in [-0.15, -0.1) is 0 Å². The highest BCUT2D eigenvalue weighted by atomic mass is 32.2. The van der Waals surface area contributed by atoms with Crippen LogP contribution in [0.15, 0.2) is 34.1 Å². The predicted octanol–water partition coefficient (Wildman–Crippen LogP) is 0.274. The Labute approximate surface area is 124 Å². The van der Waals surface area contributed by atoms with E-state index in [4.69, 9.17) is 0 Å². The van der Waals surface area contributed by atoms with Crippen molar-refractivity contribution in [3.63, 3.8) is 0 Å². The molecule has 9 heteroatoms. The van der Waals surface area contributed by atoms with E-state index in [9.17, 15) is 21.6 Å². The fraction of sp³-hybridized carbons (Fsp3) is 0.417. The van der Waals surface area contributed by atoms with Crippen molar-refractivity contribution in [1.82, 2.24) is 4.31 Å². The summed E-state index contributed by atoms with van der Waals surface area (Å²) >= 11 is 0. The number of esters is 1. The Bertz CT molecular complexity index is 724. The van der Waals surface area contributed by atoms with Crippen molar-refractivity contribution in [2.75, 3.05) is 27.0 Å². The Hall–Kier alpha value is -1.45. The van der Waals surface area contributed by atoms with E-state index in [1.54, 1.807) is 0 Å². The van der Waals surface area contributed by atoms with Gasteiger partial charge in [0.2, 0.25) is 10.0 Å². The van der Waals surface area contributed by atoms with Crippen LogP contribution >= 0.6 is 0 Å². The van der Waals surface area contributed by atoms with E-state index in [2.05, 4.69) is 4.74 Å². The number of carbonyl (C=O) groups is 1. The first-order chi connectivity index (χ1) is 9.59. The molecule has 0 unspecified atom stereocenters. The molecule has 0 bridgehead atoms. The highest BCUT2D eigenvalue weighted by Gasteiger charge is 2.22. The average molecular weight is 335 g/mol. The first kappa shape index (κ1) is 17.6. The highest BCUT2D eigenvalue weighted by molar-refractivity contribution is 7.91. The molecule has 0 saturated carbocycles. The zero-order chi connectivity index (χ0) is 16.3. The standard InChI is InChI=1S/C12H17NO6S2/c1-13(8-7-12(14)19-2)21(17,18)11-6-4-5-10(9-11)20(3,15)16/h4-6,9H,7-8H2,1-3H3. The third-order valence-corrected chi connectivity index (χ3v) is 5.76. The minimum Gasteiger partial charge on any atom is -0.469 e. The number of nitrogens with zero attached hydrogens (tertiary/aromatic N) is 1. The molecule has 1 aromatic rings. The second kappa shape index (κ2) is 6.54. The Morgan fingerprint density at radius 2 is 1.76 bits per heavy atom. The van der Waals surface area contributed by atoms with E-state index < -0.39 is 25.8 Å². The van der Waals surface area contributed by atoms with Gasteiger partial charge in [-0.2, -0.15) is 0 Å². The van der Waals surface area contributed by atoms with Gasteiger partial charge in [-0.1, -0.05) is 6.07 Å². The summed E-state index contributed by atoms with van der Waals surface area (Å²) in [7, 11) is -4.84. The SMILES string of the molecule is COC(=O)CCN(C)S(=O)(=O)c1cccc(S(C)(=O)=O)c1. The summed E-state index contributed by atoms with van der Waals surface area (Å²) in [6, 6.07) is 5.08. The van der Waals surface area contributed by atoms with Gasteiger partial charge in [-0.25, -0.2) is 21.1 Å². The lowest BCUT2D eigenvalue weighted by Crippen LogP contribution is -2.29. The molecule has 0 amide bonds. The van der Waals surface area contributed by atoms with Gasteiger partial charge in [0.1, 0.15) is 0 Å². The summed E-state index contributed by atoms with van der Waals surface area (Å²) in [5.74, 6) is -0.526. The summed E-state index contributed by atoms with van der Waals surface area (Å²) in [5.41, 5.74) is 0. The lowest BCUT2D eigenvalue weighted by Gasteiger charge is -2.16. The summed E-state index contributed by atoms with van der Waals surface area (Å²) in [5, 5.41) is 0. The molecule has 7 nitrogen and oxygen atoms in total. The van der Waals surface area contributed by atoms with Crippen molar-refractivity contribution >= 4 is 25.8 Å². The van der Waals surface area contributed by atoms with E-state index in [1.165, 1.54) is 32.4 Å². The fourth-order valence-electron chi connectivity index (χ4n) is 1.52. The van der Waals surface area contributed by atoms with Crippen LogP contribution < -0.4 is 0 Å².